The van der Waals surface area contributed by atoms with Gasteiger partial charge in [-0.05, 0) is 31.9 Å². The number of hydrogen-bond acceptors (Lipinski definition) is 9. The molecular formula is C21H32O10. The van der Waals surface area contributed by atoms with Gasteiger partial charge in [0.1, 0.15) is 35.6 Å². The molecule has 3 fully saturated rings. The number of ether oxygens (including phenoxy) is 3. The van der Waals surface area contributed by atoms with E-state index < -0.39 is 66.0 Å². The van der Waals surface area contributed by atoms with Crippen LogP contribution in [0.4, 0.5) is 0 Å². The quantitative estimate of drug-likeness (QED) is 0.223. The van der Waals surface area contributed by atoms with Gasteiger partial charge in [0.15, 0.2) is 6.29 Å². The maximum absolute atomic E-state index is 11.6. The van der Waals surface area contributed by atoms with Crippen molar-refractivity contribution in [1.82, 2.24) is 0 Å². The zero-order chi connectivity index (χ0) is 23.2. The Hall–Kier alpha value is -1.37. The molecule has 0 radical (unpaired) electrons. The van der Waals surface area contributed by atoms with Gasteiger partial charge in [0, 0.05) is 17.9 Å². The number of hydrogen-bond donors (Lipinski definition) is 6. The van der Waals surface area contributed by atoms with E-state index in [4.69, 9.17) is 19.3 Å². The third-order valence-electron chi connectivity index (χ3n) is 6.84. The average Bonchev–Trinajstić information content (AvgIpc) is 2.79. The number of aliphatic carboxylic acids is 1. The molecular weight excluding hydrogens is 412 g/mol. The average molecular weight is 444 g/mol. The number of allylic oxidation sites excluding steroid dienone is 2. The predicted octanol–water partition coefficient (Wildman–Crippen LogP) is -0.921. The molecule has 0 spiro atoms. The molecule has 3 rings (SSSR count). The van der Waals surface area contributed by atoms with Crippen molar-refractivity contribution in [3.8, 4) is 0 Å². The molecule has 2 bridgehead atoms. The van der Waals surface area contributed by atoms with Crippen molar-refractivity contribution in [2.75, 3.05) is 13.2 Å². The fourth-order valence-corrected chi connectivity index (χ4v) is 4.95. The van der Waals surface area contributed by atoms with Crippen LogP contribution >= 0.6 is 0 Å². The van der Waals surface area contributed by atoms with Gasteiger partial charge >= 0.3 is 5.97 Å². The lowest BCUT2D eigenvalue weighted by Gasteiger charge is -2.51. The number of aliphatic hydroxyl groups excluding tert-OH is 4. The Morgan fingerprint density at radius 2 is 1.84 bits per heavy atom. The van der Waals surface area contributed by atoms with Gasteiger partial charge in [-0.2, -0.15) is 0 Å². The van der Waals surface area contributed by atoms with E-state index in [0.717, 1.165) is 6.08 Å². The summed E-state index contributed by atoms with van der Waals surface area (Å²) in [7, 11) is 0. The summed E-state index contributed by atoms with van der Waals surface area (Å²) in [5.74, 6) is -1.08. The van der Waals surface area contributed by atoms with Gasteiger partial charge in [0.2, 0.25) is 0 Å². The molecule has 1 saturated carbocycles. The molecule has 0 aromatic heterocycles. The topological polar surface area (TPSA) is 166 Å². The molecule has 2 saturated heterocycles. The smallest absolute Gasteiger partial charge is 0.328 e. The van der Waals surface area contributed by atoms with Crippen LogP contribution in [-0.4, -0.2) is 97.8 Å². The first-order valence-electron chi connectivity index (χ1n) is 10.3. The van der Waals surface area contributed by atoms with Gasteiger partial charge in [0.05, 0.1) is 19.3 Å². The fraction of sp³-hybridized carbons (Fsp3) is 0.762. The summed E-state index contributed by atoms with van der Waals surface area (Å²) >= 11 is 0. The van der Waals surface area contributed by atoms with E-state index in [-0.39, 0.29) is 13.0 Å². The van der Waals surface area contributed by atoms with E-state index in [0.29, 0.717) is 12.0 Å². The van der Waals surface area contributed by atoms with Crippen molar-refractivity contribution < 1.29 is 49.6 Å². The molecule has 9 atom stereocenters. The van der Waals surface area contributed by atoms with Crippen molar-refractivity contribution in [2.45, 2.75) is 81.6 Å². The van der Waals surface area contributed by atoms with Gasteiger partial charge < -0.3 is 44.8 Å². The second-order valence-corrected chi connectivity index (χ2v) is 9.27. The van der Waals surface area contributed by atoms with E-state index >= 15 is 0 Å². The molecule has 2 aliphatic heterocycles. The van der Waals surface area contributed by atoms with Crippen molar-refractivity contribution in [3.63, 3.8) is 0 Å². The van der Waals surface area contributed by atoms with Crippen LogP contribution in [0, 0.1) is 5.41 Å². The van der Waals surface area contributed by atoms with E-state index in [1.807, 2.05) is 6.92 Å². The monoisotopic (exact) mass is 444 g/mol. The van der Waals surface area contributed by atoms with E-state index in [1.54, 1.807) is 26.0 Å². The number of rotatable bonds is 6. The van der Waals surface area contributed by atoms with Crippen molar-refractivity contribution in [2.24, 2.45) is 5.41 Å². The maximum Gasteiger partial charge on any atom is 0.328 e. The number of carbonyl (C=O) groups is 1. The van der Waals surface area contributed by atoms with Crippen molar-refractivity contribution >= 4 is 5.97 Å². The largest absolute Gasteiger partial charge is 0.478 e. The van der Waals surface area contributed by atoms with Crippen LogP contribution in [0.25, 0.3) is 0 Å². The molecule has 176 valence electrons. The van der Waals surface area contributed by atoms with Crippen LogP contribution in [0.1, 0.15) is 33.6 Å². The summed E-state index contributed by atoms with van der Waals surface area (Å²) in [5, 5.41) is 60.0. The SMILES string of the molecule is CC(C=CC1(O)C2(C)COC1(C)CC(OC1OC(CO)C(O)C(O)C1O)C2)=CC(=O)O. The standard InChI is InChI=1S/C21H32O10/c1-11(6-14(23)24)4-5-21(28)19(2)7-12(8-20(21,3)29-10-19)30-18-17(27)16(26)15(25)13(9-22)31-18/h4-6,12-13,15-18,22,25-28H,7-10H2,1-3H3,(H,23,24). The molecule has 9 unspecified atom stereocenters. The molecule has 3 aliphatic rings. The Morgan fingerprint density at radius 3 is 2.42 bits per heavy atom. The molecule has 0 aromatic carbocycles. The molecule has 10 nitrogen and oxygen atoms in total. The summed E-state index contributed by atoms with van der Waals surface area (Å²) in [6.45, 7) is 4.88. The highest BCUT2D eigenvalue weighted by Gasteiger charge is 2.67. The molecule has 1 aliphatic carbocycles. The Labute approximate surface area is 180 Å². The number of fused-ring (bicyclic) bond motifs is 2. The van der Waals surface area contributed by atoms with Crippen LogP contribution in [0.15, 0.2) is 23.8 Å². The maximum atomic E-state index is 11.6. The Morgan fingerprint density at radius 1 is 1.16 bits per heavy atom. The third kappa shape index (κ3) is 4.19. The Bertz CT molecular complexity index is 728. The first-order chi connectivity index (χ1) is 14.4. The van der Waals surface area contributed by atoms with Crippen LogP contribution in [0.2, 0.25) is 0 Å². The Balaban J connectivity index is 1.78. The van der Waals surface area contributed by atoms with E-state index in [1.165, 1.54) is 0 Å². The number of carboxylic acids is 1. The fourth-order valence-electron chi connectivity index (χ4n) is 4.95. The molecule has 0 aromatic rings. The number of aliphatic hydroxyl groups is 5. The minimum absolute atomic E-state index is 0.236. The first-order valence-corrected chi connectivity index (χ1v) is 10.3. The van der Waals surface area contributed by atoms with E-state index in [9.17, 15) is 30.3 Å². The zero-order valence-corrected chi connectivity index (χ0v) is 17.8. The van der Waals surface area contributed by atoms with Gasteiger partial charge in [0.25, 0.3) is 0 Å². The highest BCUT2D eigenvalue weighted by atomic mass is 16.7. The normalized spacial score (nSPS) is 48.3. The van der Waals surface area contributed by atoms with Gasteiger partial charge in [-0.1, -0.05) is 13.0 Å². The van der Waals surface area contributed by atoms with Gasteiger partial charge in [-0.3, -0.25) is 0 Å². The lowest BCUT2D eigenvalue weighted by atomic mass is 9.59. The van der Waals surface area contributed by atoms with Crippen LogP contribution in [0.5, 0.6) is 0 Å². The lowest BCUT2D eigenvalue weighted by molar-refractivity contribution is -0.319. The van der Waals surface area contributed by atoms with Gasteiger partial charge in [-0.15, -0.1) is 0 Å². The Kier molecular flexibility index (Phi) is 6.68. The minimum atomic E-state index is -1.54. The summed E-state index contributed by atoms with van der Waals surface area (Å²) in [5.41, 5.74) is -2.77. The minimum Gasteiger partial charge on any atom is -0.478 e. The molecule has 6 N–H and O–H groups in total. The van der Waals surface area contributed by atoms with Crippen molar-refractivity contribution in [1.29, 1.82) is 0 Å². The highest BCUT2D eigenvalue weighted by Crippen LogP contribution is 2.58. The van der Waals surface area contributed by atoms with Crippen molar-refractivity contribution in [3.05, 3.63) is 23.8 Å². The molecule has 0 amide bonds. The molecule has 2 heterocycles. The van der Waals surface area contributed by atoms with Crippen LogP contribution in [0.3, 0.4) is 0 Å². The van der Waals surface area contributed by atoms with Crippen LogP contribution in [-0.2, 0) is 19.0 Å². The highest BCUT2D eigenvalue weighted by molar-refractivity contribution is 5.81. The number of carboxylic acid groups (broad SMARTS) is 1. The van der Waals surface area contributed by atoms with Gasteiger partial charge in [-0.25, -0.2) is 4.79 Å². The lowest BCUT2D eigenvalue weighted by Crippen LogP contribution is -2.63. The second-order valence-electron chi connectivity index (χ2n) is 9.27. The summed E-state index contributed by atoms with van der Waals surface area (Å²) in [4.78, 5) is 10.9. The first kappa shape index (κ1) is 24.3. The summed E-state index contributed by atoms with van der Waals surface area (Å²) in [6, 6.07) is 0. The summed E-state index contributed by atoms with van der Waals surface area (Å²) < 4.78 is 17.3. The zero-order valence-electron chi connectivity index (χ0n) is 17.8. The predicted molar refractivity (Wildman–Crippen MR) is 106 cm³/mol. The van der Waals surface area contributed by atoms with Crippen LogP contribution < -0.4 is 0 Å². The summed E-state index contributed by atoms with van der Waals surface area (Å²) in [6.07, 6.45) is -2.65. The third-order valence-corrected chi connectivity index (χ3v) is 6.84. The molecule has 10 heteroatoms. The second kappa shape index (κ2) is 8.53. The molecule has 31 heavy (non-hydrogen) atoms. The van der Waals surface area contributed by atoms with E-state index in [2.05, 4.69) is 0 Å².